The summed E-state index contributed by atoms with van der Waals surface area (Å²) >= 11 is 0. The first-order chi connectivity index (χ1) is 17.9. The van der Waals surface area contributed by atoms with Crippen molar-refractivity contribution in [3.05, 3.63) is 89.3 Å². The number of benzene rings is 2. The lowest BCUT2D eigenvalue weighted by atomic mass is 9.93. The van der Waals surface area contributed by atoms with E-state index in [0.29, 0.717) is 24.7 Å². The molecule has 192 valence electrons. The number of aryl methyl sites for hydroxylation is 1. The molecular formula is C29H30N2O6. The highest BCUT2D eigenvalue weighted by molar-refractivity contribution is 5.92. The van der Waals surface area contributed by atoms with Gasteiger partial charge >= 0.3 is 5.97 Å². The average Bonchev–Trinajstić information content (AvgIpc) is 3.28. The van der Waals surface area contributed by atoms with Crippen LogP contribution in [-0.4, -0.2) is 46.6 Å². The fourth-order valence-electron chi connectivity index (χ4n) is 4.23. The summed E-state index contributed by atoms with van der Waals surface area (Å²) < 4.78 is 17.0. The number of fused-ring (bicyclic) bond motifs is 1. The number of carboxylic acid groups (broad SMARTS) is 1. The first-order valence-electron chi connectivity index (χ1n) is 12.1. The molecule has 2 heterocycles. The Balaban J connectivity index is 1.42. The van der Waals surface area contributed by atoms with Crippen LogP contribution in [0.15, 0.2) is 71.2 Å². The summed E-state index contributed by atoms with van der Waals surface area (Å²) in [6.07, 6.45) is 7.34. The van der Waals surface area contributed by atoms with Crippen molar-refractivity contribution in [3.8, 4) is 23.0 Å². The van der Waals surface area contributed by atoms with E-state index in [1.54, 1.807) is 25.3 Å². The van der Waals surface area contributed by atoms with Crippen molar-refractivity contribution in [2.75, 3.05) is 13.7 Å². The van der Waals surface area contributed by atoms with Gasteiger partial charge in [0.05, 0.1) is 19.4 Å². The van der Waals surface area contributed by atoms with E-state index in [-0.39, 0.29) is 18.9 Å². The number of carboxylic acids is 1. The molecule has 0 saturated carbocycles. The number of aliphatic carboxylic acids is 1. The average molecular weight is 503 g/mol. The van der Waals surface area contributed by atoms with Crippen LogP contribution in [0, 0.1) is 6.92 Å². The van der Waals surface area contributed by atoms with Crippen molar-refractivity contribution >= 4 is 11.9 Å². The Hall–Kier alpha value is -4.33. The number of carbonyl (C=O) groups excluding carboxylic acids is 1. The molecule has 1 aliphatic heterocycles. The molecule has 2 aromatic carbocycles. The molecule has 8 heteroatoms. The fraction of sp³-hybridized carbons (Fsp3) is 0.276. The largest absolute Gasteiger partial charge is 0.497 e. The lowest BCUT2D eigenvalue weighted by Crippen LogP contribution is -2.48. The SMILES string of the molecule is C/C=C/C=C/C(=O)N1Cc2cc(OCCc3nc(-c4ccc(OC)cc4)oc3C)ccc2C[C@H]1C(=O)O. The Morgan fingerprint density at radius 3 is 2.59 bits per heavy atom. The first kappa shape index (κ1) is 25.8. The van der Waals surface area contributed by atoms with Gasteiger partial charge in [-0.2, -0.15) is 0 Å². The molecule has 1 N–H and O–H groups in total. The summed E-state index contributed by atoms with van der Waals surface area (Å²) in [5.41, 5.74) is 3.46. The van der Waals surface area contributed by atoms with Crippen LogP contribution in [0.3, 0.4) is 0 Å². The summed E-state index contributed by atoms with van der Waals surface area (Å²) in [6.45, 7) is 4.32. The van der Waals surface area contributed by atoms with E-state index >= 15 is 0 Å². The fourth-order valence-corrected chi connectivity index (χ4v) is 4.23. The number of carbonyl (C=O) groups is 2. The van der Waals surface area contributed by atoms with Gasteiger partial charge in [0.1, 0.15) is 23.3 Å². The second kappa shape index (κ2) is 11.6. The number of ether oxygens (including phenoxy) is 2. The lowest BCUT2D eigenvalue weighted by Gasteiger charge is -2.34. The number of methoxy groups -OCH3 is 1. The number of oxazole rings is 1. The number of hydrogen-bond donors (Lipinski definition) is 1. The van der Waals surface area contributed by atoms with Crippen LogP contribution in [0.25, 0.3) is 11.5 Å². The zero-order valence-corrected chi connectivity index (χ0v) is 21.1. The molecule has 8 nitrogen and oxygen atoms in total. The van der Waals surface area contributed by atoms with E-state index in [2.05, 4.69) is 4.98 Å². The molecule has 0 saturated heterocycles. The van der Waals surface area contributed by atoms with Gasteiger partial charge in [0.15, 0.2) is 0 Å². The third-order valence-electron chi connectivity index (χ3n) is 6.26. The van der Waals surface area contributed by atoms with Gasteiger partial charge in [0.2, 0.25) is 11.8 Å². The lowest BCUT2D eigenvalue weighted by molar-refractivity contribution is -0.149. The number of hydrogen-bond acceptors (Lipinski definition) is 6. The Bertz CT molecular complexity index is 1320. The van der Waals surface area contributed by atoms with Crippen molar-refractivity contribution in [1.82, 2.24) is 9.88 Å². The Kier molecular flexibility index (Phi) is 8.08. The van der Waals surface area contributed by atoms with Crippen molar-refractivity contribution in [2.45, 2.75) is 39.3 Å². The Morgan fingerprint density at radius 1 is 1.14 bits per heavy atom. The Morgan fingerprint density at radius 2 is 1.89 bits per heavy atom. The third kappa shape index (κ3) is 6.09. The van der Waals surface area contributed by atoms with Crippen molar-refractivity contribution < 1.29 is 28.6 Å². The summed E-state index contributed by atoms with van der Waals surface area (Å²) in [6, 6.07) is 12.2. The molecule has 37 heavy (non-hydrogen) atoms. The molecule has 0 bridgehead atoms. The molecule has 1 amide bonds. The molecule has 3 aromatic rings. The monoisotopic (exact) mass is 502 g/mol. The van der Waals surface area contributed by atoms with Crippen molar-refractivity contribution in [1.29, 1.82) is 0 Å². The van der Waals surface area contributed by atoms with Crippen LogP contribution in [0.1, 0.15) is 29.5 Å². The normalized spacial score (nSPS) is 15.2. The molecule has 1 aromatic heterocycles. The van der Waals surface area contributed by atoms with Crippen LogP contribution < -0.4 is 9.47 Å². The Labute approximate surface area is 215 Å². The molecule has 1 atom stereocenters. The van der Waals surface area contributed by atoms with E-state index in [1.807, 2.05) is 56.3 Å². The number of rotatable bonds is 9. The highest BCUT2D eigenvalue weighted by Crippen LogP contribution is 2.28. The third-order valence-corrected chi connectivity index (χ3v) is 6.26. The van der Waals surface area contributed by atoms with E-state index in [4.69, 9.17) is 13.9 Å². The maximum atomic E-state index is 12.7. The van der Waals surface area contributed by atoms with Gasteiger partial charge < -0.3 is 23.9 Å². The second-order valence-corrected chi connectivity index (χ2v) is 8.69. The van der Waals surface area contributed by atoms with Gasteiger partial charge in [-0.05, 0) is 61.4 Å². The molecular weight excluding hydrogens is 472 g/mol. The number of nitrogens with zero attached hydrogens (tertiary/aromatic N) is 2. The zero-order valence-electron chi connectivity index (χ0n) is 21.1. The van der Waals surface area contributed by atoms with Crippen LogP contribution in [0.4, 0.5) is 0 Å². The molecule has 0 unspecified atom stereocenters. The van der Waals surface area contributed by atoms with E-state index < -0.39 is 12.0 Å². The van der Waals surface area contributed by atoms with E-state index in [9.17, 15) is 14.7 Å². The highest BCUT2D eigenvalue weighted by atomic mass is 16.5. The van der Waals surface area contributed by atoms with Crippen LogP contribution in [-0.2, 0) is 29.0 Å². The molecule has 4 rings (SSSR count). The summed E-state index contributed by atoms with van der Waals surface area (Å²) in [4.78, 5) is 30.5. The van der Waals surface area contributed by atoms with Crippen LogP contribution in [0.5, 0.6) is 11.5 Å². The predicted octanol–water partition coefficient (Wildman–Crippen LogP) is 4.75. The maximum Gasteiger partial charge on any atom is 0.326 e. The molecule has 0 radical (unpaired) electrons. The number of amides is 1. The van der Waals surface area contributed by atoms with Gasteiger partial charge in [-0.25, -0.2) is 9.78 Å². The predicted molar refractivity (Wildman–Crippen MR) is 139 cm³/mol. The molecule has 0 aliphatic carbocycles. The minimum Gasteiger partial charge on any atom is -0.497 e. The van der Waals surface area contributed by atoms with Crippen molar-refractivity contribution in [3.63, 3.8) is 0 Å². The summed E-state index contributed by atoms with van der Waals surface area (Å²) in [5.74, 6) is 1.35. The molecule has 1 aliphatic rings. The van der Waals surface area contributed by atoms with Gasteiger partial charge in [-0.15, -0.1) is 0 Å². The summed E-state index contributed by atoms with van der Waals surface area (Å²) in [5, 5.41) is 9.68. The first-order valence-corrected chi connectivity index (χ1v) is 12.1. The van der Waals surface area contributed by atoms with Gasteiger partial charge in [0.25, 0.3) is 0 Å². The van der Waals surface area contributed by atoms with Gasteiger partial charge in [0, 0.05) is 31.0 Å². The highest BCUT2D eigenvalue weighted by Gasteiger charge is 2.33. The summed E-state index contributed by atoms with van der Waals surface area (Å²) in [7, 11) is 1.62. The van der Waals surface area contributed by atoms with Gasteiger partial charge in [-0.3, -0.25) is 4.79 Å². The van der Waals surface area contributed by atoms with Crippen LogP contribution in [0.2, 0.25) is 0 Å². The molecule has 0 spiro atoms. The smallest absolute Gasteiger partial charge is 0.326 e. The zero-order chi connectivity index (χ0) is 26.4. The number of aromatic nitrogens is 1. The van der Waals surface area contributed by atoms with Crippen molar-refractivity contribution in [2.24, 2.45) is 0 Å². The topological polar surface area (TPSA) is 102 Å². The second-order valence-electron chi connectivity index (χ2n) is 8.69. The van der Waals surface area contributed by atoms with E-state index in [1.165, 1.54) is 11.0 Å². The number of allylic oxidation sites excluding steroid dienone is 3. The van der Waals surface area contributed by atoms with E-state index in [0.717, 1.165) is 33.9 Å². The standard InChI is InChI=1S/C29H30N2O6/c1-4-5-6-7-27(32)31-18-22-16-24(13-10-21(22)17-26(31)29(33)34)36-15-14-25-19(2)37-28(30-25)20-8-11-23(35-3)12-9-20/h4-13,16,26H,14-15,17-18H2,1-3H3,(H,33,34)/b5-4+,7-6+/t26-/m0/s1. The quantitative estimate of drug-likeness (QED) is 0.333. The molecule has 0 fully saturated rings. The maximum absolute atomic E-state index is 12.7. The minimum atomic E-state index is -1.02. The van der Waals surface area contributed by atoms with Crippen LogP contribution >= 0.6 is 0 Å². The minimum absolute atomic E-state index is 0.204. The van der Waals surface area contributed by atoms with Gasteiger partial charge in [-0.1, -0.05) is 24.3 Å².